The summed E-state index contributed by atoms with van der Waals surface area (Å²) in [5.74, 6) is 2.05. The highest BCUT2D eigenvalue weighted by atomic mass is 32.1. The normalized spacial score (nSPS) is 14.8. The Morgan fingerprint density at radius 1 is 0.868 bits per heavy atom. The average molecular weight is 519 g/mol. The molecule has 1 aliphatic heterocycles. The highest BCUT2D eigenvalue weighted by molar-refractivity contribution is 7.14. The largest absolute Gasteiger partial charge is 0.299 e. The van der Waals surface area contributed by atoms with E-state index < -0.39 is 0 Å². The van der Waals surface area contributed by atoms with E-state index in [4.69, 9.17) is 9.97 Å². The molecule has 188 valence electrons. The predicted molar refractivity (Wildman–Crippen MR) is 149 cm³/mol. The Kier molecular flexibility index (Phi) is 5.99. The lowest BCUT2D eigenvalue weighted by atomic mass is 9.95. The molecule has 0 atom stereocenters. The summed E-state index contributed by atoms with van der Waals surface area (Å²) in [6.07, 6.45) is 3.90. The van der Waals surface area contributed by atoms with Crippen LogP contribution >= 0.6 is 11.3 Å². The highest BCUT2D eigenvalue weighted by Gasteiger charge is 2.24. The molecule has 4 aromatic heterocycles. The third-order valence-electron chi connectivity index (χ3n) is 7.20. The number of imidazole rings is 1. The fourth-order valence-electron chi connectivity index (χ4n) is 5.21. The fraction of sp³-hybridized carbons (Fsp3) is 0.207. The molecule has 0 aliphatic carbocycles. The predicted octanol–water partition coefficient (Wildman–Crippen LogP) is 5.68. The van der Waals surface area contributed by atoms with Gasteiger partial charge in [-0.1, -0.05) is 72.0 Å². The Balaban J connectivity index is 1.03. The molecule has 6 aromatic rings. The second-order valence-corrected chi connectivity index (χ2v) is 10.4. The molecule has 0 saturated carbocycles. The van der Waals surface area contributed by atoms with Gasteiger partial charge in [0.15, 0.2) is 5.82 Å². The summed E-state index contributed by atoms with van der Waals surface area (Å²) in [5, 5.41) is 12.1. The number of aromatic amines is 1. The Hall–Kier alpha value is -4.21. The van der Waals surface area contributed by atoms with E-state index in [1.54, 1.807) is 17.5 Å². The van der Waals surface area contributed by atoms with Crippen molar-refractivity contribution in [3.8, 4) is 34.0 Å². The molecule has 0 unspecified atom stereocenters. The molecule has 1 fully saturated rings. The first-order chi connectivity index (χ1) is 18.8. The van der Waals surface area contributed by atoms with Crippen LogP contribution in [0.2, 0.25) is 0 Å². The molecule has 9 heteroatoms. The van der Waals surface area contributed by atoms with Crippen LogP contribution in [-0.4, -0.2) is 52.8 Å². The zero-order valence-corrected chi connectivity index (χ0v) is 21.6. The van der Waals surface area contributed by atoms with E-state index in [0.29, 0.717) is 11.7 Å². The van der Waals surface area contributed by atoms with Gasteiger partial charge >= 0.3 is 0 Å². The van der Waals surface area contributed by atoms with Crippen molar-refractivity contribution in [2.45, 2.75) is 25.3 Å². The number of aromatic nitrogens is 7. The number of piperidine rings is 1. The first kappa shape index (κ1) is 22.9. The molecule has 2 aromatic carbocycles. The van der Waals surface area contributed by atoms with Gasteiger partial charge in [0.25, 0.3) is 0 Å². The molecule has 5 heterocycles. The second-order valence-electron chi connectivity index (χ2n) is 9.61. The molecule has 0 bridgehead atoms. The van der Waals surface area contributed by atoms with Crippen molar-refractivity contribution in [2.24, 2.45) is 0 Å². The minimum atomic E-state index is 0.401. The Morgan fingerprint density at radius 2 is 1.68 bits per heavy atom. The van der Waals surface area contributed by atoms with Crippen LogP contribution in [0.15, 0.2) is 84.5 Å². The lowest BCUT2D eigenvalue weighted by Gasteiger charge is -2.30. The number of benzene rings is 2. The van der Waals surface area contributed by atoms with Gasteiger partial charge in [-0.05, 0) is 43.6 Å². The van der Waals surface area contributed by atoms with E-state index in [1.165, 1.54) is 5.56 Å². The molecule has 1 aliphatic rings. The van der Waals surface area contributed by atoms with Gasteiger partial charge in [0.05, 0.1) is 0 Å². The van der Waals surface area contributed by atoms with Crippen molar-refractivity contribution in [2.75, 3.05) is 13.1 Å². The highest BCUT2D eigenvalue weighted by Crippen LogP contribution is 2.34. The summed E-state index contributed by atoms with van der Waals surface area (Å²) >= 11 is 1.56. The van der Waals surface area contributed by atoms with Crippen molar-refractivity contribution in [1.82, 2.24) is 39.7 Å². The van der Waals surface area contributed by atoms with Crippen molar-refractivity contribution >= 4 is 16.3 Å². The maximum absolute atomic E-state index is 4.91. The standard InChI is InChI=1S/C29H26N8S/c1-2-6-22(7-3-1)26-25(32-29-37(26)31-19-38-29)21-11-9-20(10-12-21)18-36-16-13-23(14-17-36)27-33-28(35-34-27)24-8-4-5-15-30-24/h1-12,15,19,23H,13-14,16-18H2,(H,33,34,35). The summed E-state index contributed by atoms with van der Waals surface area (Å²) < 4.78 is 1.95. The third-order valence-corrected chi connectivity index (χ3v) is 7.87. The third kappa shape index (κ3) is 4.40. The number of hydrogen-bond donors (Lipinski definition) is 1. The van der Waals surface area contributed by atoms with Crippen LogP contribution in [0, 0.1) is 0 Å². The van der Waals surface area contributed by atoms with Gasteiger partial charge < -0.3 is 0 Å². The van der Waals surface area contributed by atoms with Gasteiger partial charge in [-0.2, -0.15) is 10.2 Å². The number of rotatable bonds is 6. The maximum Gasteiger partial charge on any atom is 0.213 e. The number of pyridine rings is 1. The van der Waals surface area contributed by atoms with Gasteiger partial charge in [0, 0.05) is 29.8 Å². The van der Waals surface area contributed by atoms with Crippen LogP contribution in [0.3, 0.4) is 0 Å². The molecule has 1 N–H and O–H groups in total. The van der Waals surface area contributed by atoms with E-state index >= 15 is 0 Å². The van der Waals surface area contributed by atoms with Gasteiger partial charge in [0.1, 0.15) is 28.4 Å². The number of nitrogens with zero attached hydrogens (tertiary/aromatic N) is 7. The zero-order chi connectivity index (χ0) is 25.3. The maximum atomic E-state index is 4.91. The van der Waals surface area contributed by atoms with Crippen molar-refractivity contribution in [1.29, 1.82) is 0 Å². The summed E-state index contributed by atoms with van der Waals surface area (Å²) in [4.78, 5) is 17.4. The molecule has 8 nitrogen and oxygen atoms in total. The topological polar surface area (TPSA) is 87.9 Å². The van der Waals surface area contributed by atoms with E-state index in [1.807, 2.05) is 34.3 Å². The van der Waals surface area contributed by atoms with Crippen LogP contribution in [-0.2, 0) is 6.54 Å². The summed E-state index contributed by atoms with van der Waals surface area (Å²) in [5.41, 5.74) is 8.19. The van der Waals surface area contributed by atoms with E-state index in [2.05, 4.69) is 73.7 Å². The SMILES string of the molecule is c1ccc(-c2c(-c3ccc(CN4CCC(c5nc(-c6ccccn6)n[nH]5)CC4)cc3)nc3scnn23)cc1. The van der Waals surface area contributed by atoms with Gasteiger partial charge in [-0.15, -0.1) is 0 Å². The van der Waals surface area contributed by atoms with Crippen molar-refractivity contribution in [3.63, 3.8) is 0 Å². The van der Waals surface area contributed by atoms with E-state index in [9.17, 15) is 0 Å². The lowest BCUT2D eigenvalue weighted by molar-refractivity contribution is 0.202. The zero-order valence-electron chi connectivity index (χ0n) is 20.7. The molecular formula is C29H26N8S. The van der Waals surface area contributed by atoms with Crippen molar-refractivity contribution in [3.05, 3.63) is 95.9 Å². The summed E-state index contributed by atoms with van der Waals surface area (Å²) in [6, 6.07) is 25.0. The molecule has 0 radical (unpaired) electrons. The number of hydrogen-bond acceptors (Lipinski definition) is 7. The van der Waals surface area contributed by atoms with Crippen LogP contribution in [0.1, 0.15) is 30.1 Å². The molecule has 38 heavy (non-hydrogen) atoms. The van der Waals surface area contributed by atoms with Crippen LogP contribution in [0.4, 0.5) is 0 Å². The van der Waals surface area contributed by atoms with Crippen LogP contribution in [0.5, 0.6) is 0 Å². The number of likely N-dealkylation sites (tertiary alicyclic amines) is 1. The molecular weight excluding hydrogens is 492 g/mol. The van der Waals surface area contributed by atoms with Gasteiger partial charge in [0.2, 0.25) is 4.96 Å². The Morgan fingerprint density at radius 3 is 2.47 bits per heavy atom. The monoisotopic (exact) mass is 518 g/mol. The van der Waals surface area contributed by atoms with Crippen molar-refractivity contribution < 1.29 is 0 Å². The average Bonchev–Trinajstić information content (AvgIpc) is 3.72. The minimum absolute atomic E-state index is 0.401. The second kappa shape index (κ2) is 9.92. The quantitative estimate of drug-likeness (QED) is 0.305. The molecule has 0 amide bonds. The number of nitrogens with one attached hydrogen (secondary N) is 1. The Bertz CT molecular complexity index is 1650. The fourth-order valence-corrected chi connectivity index (χ4v) is 5.82. The van der Waals surface area contributed by atoms with E-state index in [-0.39, 0.29) is 0 Å². The first-order valence-corrected chi connectivity index (χ1v) is 13.7. The smallest absolute Gasteiger partial charge is 0.213 e. The lowest BCUT2D eigenvalue weighted by Crippen LogP contribution is -2.32. The Labute approximate surface area is 224 Å². The van der Waals surface area contributed by atoms with E-state index in [0.717, 1.165) is 71.5 Å². The molecule has 0 spiro atoms. The number of H-pyrrole nitrogens is 1. The van der Waals surface area contributed by atoms with Crippen LogP contribution in [0.25, 0.3) is 39.0 Å². The van der Waals surface area contributed by atoms with Gasteiger partial charge in [-0.25, -0.2) is 14.5 Å². The van der Waals surface area contributed by atoms with Gasteiger partial charge in [-0.3, -0.25) is 15.0 Å². The molecule has 7 rings (SSSR count). The minimum Gasteiger partial charge on any atom is -0.299 e. The first-order valence-electron chi connectivity index (χ1n) is 12.8. The summed E-state index contributed by atoms with van der Waals surface area (Å²) in [7, 11) is 0. The number of fused-ring (bicyclic) bond motifs is 1. The molecule has 1 saturated heterocycles. The summed E-state index contributed by atoms with van der Waals surface area (Å²) in [6.45, 7) is 3.01. The van der Waals surface area contributed by atoms with Crippen LogP contribution < -0.4 is 0 Å².